The Bertz CT molecular complexity index is 1640. The lowest BCUT2D eigenvalue weighted by molar-refractivity contribution is -0.228. The summed E-state index contributed by atoms with van der Waals surface area (Å²) in [4.78, 5) is 32.5. The fourth-order valence-corrected chi connectivity index (χ4v) is 6.37. The molecular formula is C31H32F4N6O6. The summed E-state index contributed by atoms with van der Waals surface area (Å²) >= 11 is 0. The number of carbonyl (C=O) groups is 1. The van der Waals surface area contributed by atoms with Crippen LogP contribution in [0, 0.1) is 0 Å². The average Bonchev–Trinajstić information content (AvgIpc) is 3.79. The Hall–Kier alpha value is -4.31. The topological polar surface area (TPSA) is 132 Å². The number of hydrogen-bond donors (Lipinski definition) is 1. The Morgan fingerprint density at radius 2 is 1.89 bits per heavy atom. The van der Waals surface area contributed by atoms with Crippen LogP contribution in [0.3, 0.4) is 0 Å². The number of nitrogens with zero attached hydrogens (tertiary/aromatic N) is 6. The summed E-state index contributed by atoms with van der Waals surface area (Å²) < 4.78 is 75.9. The van der Waals surface area contributed by atoms with Gasteiger partial charge >= 0.3 is 12.6 Å². The maximum absolute atomic E-state index is 14.0. The van der Waals surface area contributed by atoms with E-state index in [0.717, 1.165) is 24.1 Å². The van der Waals surface area contributed by atoms with Crippen LogP contribution in [0.1, 0.15) is 49.9 Å². The summed E-state index contributed by atoms with van der Waals surface area (Å²) in [6.07, 6.45) is 0.156. The van der Waals surface area contributed by atoms with Gasteiger partial charge in [0.1, 0.15) is 29.3 Å². The van der Waals surface area contributed by atoms with Crippen LogP contribution in [-0.2, 0) is 14.3 Å². The van der Waals surface area contributed by atoms with Crippen molar-refractivity contribution >= 4 is 17.5 Å². The van der Waals surface area contributed by atoms with E-state index in [1.165, 1.54) is 29.2 Å². The number of rotatable bonds is 10. The molecule has 16 heteroatoms. The zero-order chi connectivity index (χ0) is 32.9. The molecule has 1 aliphatic carbocycles. The number of aromatic nitrogens is 4. The molecule has 250 valence electrons. The monoisotopic (exact) mass is 660 g/mol. The van der Waals surface area contributed by atoms with Crippen molar-refractivity contribution in [2.24, 2.45) is 0 Å². The van der Waals surface area contributed by atoms with E-state index in [0.29, 0.717) is 38.2 Å². The third-order valence-corrected chi connectivity index (χ3v) is 9.10. The minimum atomic E-state index is -3.15. The first-order chi connectivity index (χ1) is 22.6. The smallest absolute Gasteiger partial charge is 0.388 e. The first-order valence-electron chi connectivity index (χ1n) is 15.3. The van der Waals surface area contributed by atoms with E-state index in [-0.39, 0.29) is 36.2 Å². The van der Waals surface area contributed by atoms with Crippen molar-refractivity contribution in [3.63, 3.8) is 0 Å². The largest absolute Gasteiger partial charge is 0.480 e. The van der Waals surface area contributed by atoms with Gasteiger partial charge in [-0.1, -0.05) is 6.07 Å². The Kier molecular flexibility index (Phi) is 8.24. The van der Waals surface area contributed by atoms with Gasteiger partial charge in [-0.2, -0.15) is 8.78 Å². The fraction of sp³-hybridized carbons (Fsp3) is 0.516. The van der Waals surface area contributed by atoms with Gasteiger partial charge in [0.2, 0.25) is 11.8 Å². The van der Waals surface area contributed by atoms with Crippen LogP contribution >= 0.6 is 0 Å². The normalized spacial score (nSPS) is 23.8. The molecule has 4 fully saturated rings. The number of halogens is 4. The van der Waals surface area contributed by atoms with Crippen LogP contribution in [0.2, 0.25) is 0 Å². The molecule has 0 radical (unpaired) electrons. The van der Waals surface area contributed by atoms with Crippen molar-refractivity contribution in [2.75, 3.05) is 42.7 Å². The van der Waals surface area contributed by atoms with Crippen LogP contribution in [0.4, 0.5) is 29.1 Å². The van der Waals surface area contributed by atoms with E-state index >= 15 is 0 Å². The number of alkyl halides is 4. The summed E-state index contributed by atoms with van der Waals surface area (Å²) in [5.41, 5.74) is 1.30. The number of anilines is 2. The van der Waals surface area contributed by atoms with Gasteiger partial charge in [0.05, 0.1) is 43.8 Å². The third kappa shape index (κ3) is 6.23. The molecule has 3 aliphatic heterocycles. The lowest BCUT2D eigenvalue weighted by Crippen LogP contribution is -2.68. The van der Waals surface area contributed by atoms with Gasteiger partial charge in [-0.05, 0) is 43.4 Å². The predicted molar refractivity (Wildman–Crippen MR) is 157 cm³/mol. The second-order valence-corrected chi connectivity index (χ2v) is 12.1. The van der Waals surface area contributed by atoms with E-state index in [2.05, 4.69) is 37.6 Å². The molecule has 47 heavy (non-hydrogen) atoms. The zero-order valence-corrected chi connectivity index (χ0v) is 25.3. The number of aliphatic carboxylic acids is 1. The first kappa shape index (κ1) is 31.3. The van der Waals surface area contributed by atoms with E-state index in [9.17, 15) is 27.5 Å². The molecule has 12 nitrogen and oxygen atoms in total. The number of hydrogen-bond acceptors (Lipinski definition) is 11. The van der Waals surface area contributed by atoms with Gasteiger partial charge in [0.15, 0.2) is 5.82 Å². The molecule has 1 saturated carbocycles. The van der Waals surface area contributed by atoms with E-state index in [1.54, 1.807) is 6.20 Å². The Morgan fingerprint density at radius 1 is 1.09 bits per heavy atom. The third-order valence-electron chi connectivity index (χ3n) is 9.10. The van der Waals surface area contributed by atoms with Crippen molar-refractivity contribution in [1.29, 1.82) is 0 Å². The summed E-state index contributed by atoms with van der Waals surface area (Å²) in [5, 5.41) is 10.2. The molecule has 0 unspecified atom stereocenters. The van der Waals surface area contributed by atoms with Gasteiger partial charge < -0.3 is 33.9 Å². The summed E-state index contributed by atoms with van der Waals surface area (Å²) in [6, 6.07) is 6.09. The maximum atomic E-state index is 14.0. The van der Waals surface area contributed by atoms with Crippen LogP contribution in [-0.4, -0.2) is 94.3 Å². The molecular weight excluding hydrogens is 628 g/mol. The van der Waals surface area contributed by atoms with Crippen molar-refractivity contribution < 1.29 is 46.4 Å². The Morgan fingerprint density at radius 3 is 2.57 bits per heavy atom. The molecule has 0 aromatic carbocycles. The Labute approximate surface area is 266 Å². The molecule has 4 aliphatic rings. The highest BCUT2D eigenvalue weighted by Crippen LogP contribution is 2.45. The second-order valence-electron chi connectivity index (χ2n) is 12.1. The van der Waals surface area contributed by atoms with E-state index in [1.807, 2.05) is 0 Å². The summed E-state index contributed by atoms with van der Waals surface area (Å²) in [5.74, 6) is -1.84. The molecule has 3 saturated heterocycles. The highest BCUT2D eigenvalue weighted by molar-refractivity contribution is 5.79. The number of ether oxygens (including phenoxy) is 4. The highest BCUT2D eigenvalue weighted by Gasteiger charge is 2.50. The first-order valence-corrected chi connectivity index (χ1v) is 15.3. The van der Waals surface area contributed by atoms with Gasteiger partial charge in [-0.15, -0.1) is 0 Å². The minimum Gasteiger partial charge on any atom is -0.480 e. The van der Waals surface area contributed by atoms with Crippen LogP contribution in [0.25, 0.3) is 11.4 Å². The number of morpholine rings is 1. The number of pyridine rings is 2. The van der Waals surface area contributed by atoms with Gasteiger partial charge in [0, 0.05) is 31.3 Å². The molecule has 0 bridgehead atoms. The summed E-state index contributed by atoms with van der Waals surface area (Å²) in [7, 11) is 0. The highest BCUT2D eigenvalue weighted by atomic mass is 19.3. The van der Waals surface area contributed by atoms with Gasteiger partial charge in [0.25, 0.3) is 6.43 Å². The molecule has 3 atom stereocenters. The van der Waals surface area contributed by atoms with Crippen LogP contribution < -0.4 is 19.3 Å². The quantitative estimate of drug-likeness (QED) is 0.308. The molecule has 6 heterocycles. The molecule has 1 N–H and O–H groups in total. The van der Waals surface area contributed by atoms with Gasteiger partial charge in [-0.3, -0.25) is 0 Å². The van der Waals surface area contributed by atoms with E-state index in [4.69, 9.17) is 19.2 Å². The van der Waals surface area contributed by atoms with Crippen molar-refractivity contribution in [2.45, 2.75) is 68.9 Å². The standard InChI is InChI=1S/C31H32F4N6O6/c1-16-31(14-44-15-31)45-8-7-40(16)22-9-18(17-5-6-17)12-36-28(22)46-19-10-23(29(42)43)41(13-19)24-11-21(38-27(39-24)26(32)33)20-3-2-4-25(37-20)47-30(34)35/h2-4,9,11-12,16-17,19,23,26,30H,5-8,10,13-15H2,1H3,(H,42,43)/t16-,19-,23-/m0/s1. The predicted octanol–water partition coefficient (Wildman–Crippen LogP) is 4.46. The van der Waals surface area contributed by atoms with Gasteiger partial charge in [-0.25, -0.2) is 33.5 Å². The van der Waals surface area contributed by atoms with Crippen LogP contribution in [0.5, 0.6) is 11.8 Å². The molecule has 3 aromatic rings. The lowest BCUT2D eigenvalue weighted by Gasteiger charge is -2.53. The molecule has 7 rings (SSSR count). The van der Waals surface area contributed by atoms with Crippen molar-refractivity contribution in [3.8, 4) is 23.1 Å². The number of carboxylic acids is 1. The van der Waals surface area contributed by atoms with E-state index < -0.39 is 48.5 Å². The van der Waals surface area contributed by atoms with Crippen molar-refractivity contribution in [3.05, 3.63) is 47.9 Å². The maximum Gasteiger partial charge on any atom is 0.388 e. The SMILES string of the molecule is C[C@@H]1N(c2cc(C3CC3)cnc2O[C@H]2C[C@@H](C(=O)O)N(c3cc(-c4cccc(OC(F)F)n4)nc(C(F)F)n3)C2)CCOC12COC2. The second kappa shape index (κ2) is 12.4. The zero-order valence-electron chi connectivity index (χ0n) is 25.3. The fourth-order valence-electron chi connectivity index (χ4n) is 6.37. The minimum absolute atomic E-state index is 0.0105. The Balaban J connectivity index is 1.19. The van der Waals surface area contributed by atoms with Crippen molar-refractivity contribution in [1.82, 2.24) is 19.9 Å². The average molecular weight is 661 g/mol. The molecule has 3 aromatic heterocycles. The van der Waals surface area contributed by atoms with Crippen LogP contribution in [0.15, 0.2) is 36.5 Å². The molecule has 1 spiro atoms. The summed E-state index contributed by atoms with van der Waals surface area (Å²) in [6.45, 7) is 0.969. The number of carboxylic acid groups (broad SMARTS) is 1. The molecule has 0 amide bonds. The lowest BCUT2D eigenvalue weighted by atomic mass is 9.90.